The molecular formula is C16H22N4O. The Kier molecular flexibility index (Phi) is 4.40. The molecule has 5 heteroatoms. The summed E-state index contributed by atoms with van der Waals surface area (Å²) in [6.45, 7) is 8.63. The molecule has 21 heavy (non-hydrogen) atoms. The van der Waals surface area contributed by atoms with E-state index in [1.807, 2.05) is 27.9 Å². The Labute approximate surface area is 125 Å². The van der Waals surface area contributed by atoms with Gasteiger partial charge in [-0.2, -0.15) is 5.10 Å². The Balaban J connectivity index is 2.62. The van der Waals surface area contributed by atoms with Crippen molar-refractivity contribution in [1.82, 2.24) is 14.8 Å². The van der Waals surface area contributed by atoms with Gasteiger partial charge in [-0.15, -0.1) is 0 Å². The molecule has 0 amide bonds. The van der Waals surface area contributed by atoms with E-state index in [0.29, 0.717) is 18.5 Å². The van der Waals surface area contributed by atoms with E-state index in [2.05, 4.69) is 21.6 Å². The number of ketones is 1. The molecule has 0 saturated carbocycles. The molecule has 0 saturated heterocycles. The van der Waals surface area contributed by atoms with E-state index in [-0.39, 0.29) is 5.78 Å². The van der Waals surface area contributed by atoms with Gasteiger partial charge in [0, 0.05) is 33.3 Å². The van der Waals surface area contributed by atoms with E-state index in [1.54, 1.807) is 17.1 Å². The lowest BCUT2D eigenvalue weighted by Crippen LogP contribution is -2.22. The van der Waals surface area contributed by atoms with Gasteiger partial charge in [0.1, 0.15) is 0 Å². The van der Waals surface area contributed by atoms with E-state index in [1.165, 1.54) is 0 Å². The van der Waals surface area contributed by atoms with Crippen LogP contribution in [0.3, 0.4) is 0 Å². The standard InChI is InChI=1S/C16H22N4O/c1-6-7-14(21)12-8-17-16-13(9-18-20(16)5)15(12)19(4)10-11(2)3/h8-9H,2,6-7,10H2,1,3-5H3. The first-order valence-electron chi connectivity index (χ1n) is 7.15. The Bertz CT molecular complexity index is 687. The maximum Gasteiger partial charge on any atom is 0.166 e. The third kappa shape index (κ3) is 2.96. The first-order chi connectivity index (χ1) is 9.95. The highest BCUT2D eigenvalue weighted by molar-refractivity contribution is 6.07. The number of aryl methyl sites for hydroxylation is 1. The molecule has 0 unspecified atom stereocenters. The third-order valence-corrected chi connectivity index (χ3v) is 3.40. The molecular weight excluding hydrogens is 264 g/mol. The molecule has 0 radical (unpaired) electrons. The second-order valence-electron chi connectivity index (χ2n) is 5.51. The number of carbonyl (C=O) groups excluding carboxylic acids is 1. The molecule has 112 valence electrons. The summed E-state index contributed by atoms with van der Waals surface area (Å²) in [4.78, 5) is 18.8. The van der Waals surface area contributed by atoms with Gasteiger partial charge in [0.15, 0.2) is 11.4 Å². The van der Waals surface area contributed by atoms with Crippen molar-refractivity contribution in [3.8, 4) is 0 Å². The van der Waals surface area contributed by atoms with E-state index in [4.69, 9.17) is 0 Å². The van der Waals surface area contributed by atoms with Crippen molar-refractivity contribution < 1.29 is 4.79 Å². The van der Waals surface area contributed by atoms with Crippen LogP contribution >= 0.6 is 0 Å². The molecule has 0 N–H and O–H groups in total. The Morgan fingerprint density at radius 1 is 1.43 bits per heavy atom. The summed E-state index contributed by atoms with van der Waals surface area (Å²) in [6.07, 6.45) is 4.80. The molecule has 0 bridgehead atoms. The van der Waals surface area contributed by atoms with Crippen LogP contribution in [0.15, 0.2) is 24.5 Å². The zero-order chi connectivity index (χ0) is 15.6. The van der Waals surface area contributed by atoms with Crippen LogP contribution < -0.4 is 4.90 Å². The zero-order valence-corrected chi connectivity index (χ0v) is 13.2. The fourth-order valence-electron chi connectivity index (χ4n) is 2.54. The monoisotopic (exact) mass is 286 g/mol. The highest BCUT2D eigenvalue weighted by Gasteiger charge is 2.19. The molecule has 5 nitrogen and oxygen atoms in total. The molecule has 2 aromatic rings. The van der Waals surface area contributed by atoms with Crippen LogP contribution in [0.2, 0.25) is 0 Å². The van der Waals surface area contributed by atoms with Gasteiger partial charge in [-0.3, -0.25) is 9.48 Å². The summed E-state index contributed by atoms with van der Waals surface area (Å²) in [7, 11) is 3.82. The number of Topliss-reactive ketones (excluding diaryl/α,β-unsaturated/α-hetero) is 1. The predicted octanol–water partition coefficient (Wildman–Crippen LogP) is 2.96. The van der Waals surface area contributed by atoms with Gasteiger partial charge in [0.25, 0.3) is 0 Å². The van der Waals surface area contributed by atoms with E-state index in [0.717, 1.165) is 28.7 Å². The molecule has 2 heterocycles. The molecule has 0 aliphatic heterocycles. The number of rotatable bonds is 6. The van der Waals surface area contributed by atoms with E-state index in [9.17, 15) is 4.79 Å². The molecule has 0 aliphatic rings. The lowest BCUT2D eigenvalue weighted by molar-refractivity contribution is 0.0982. The summed E-state index contributed by atoms with van der Waals surface area (Å²) >= 11 is 0. The van der Waals surface area contributed by atoms with Crippen LogP contribution in [-0.2, 0) is 7.05 Å². The zero-order valence-electron chi connectivity index (χ0n) is 13.2. The number of aromatic nitrogens is 3. The molecule has 0 atom stereocenters. The van der Waals surface area contributed by atoms with Crippen molar-refractivity contribution in [2.45, 2.75) is 26.7 Å². The maximum atomic E-state index is 12.4. The summed E-state index contributed by atoms with van der Waals surface area (Å²) in [5.41, 5.74) is 3.39. The number of anilines is 1. The van der Waals surface area contributed by atoms with Crippen LogP contribution in [0.25, 0.3) is 11.0 Å². The van der Waals surface area contributed by atoms with Crippen LogP contribution in [0.4, 0.5) is 5.69 Å². The number of fused-ring (bicyclic) bond motifs is 1. The van der Waals surface area contributed by atoms with Crippen molar-refractivity contribution in [2.24, 2.45) is 7.05 Å². The molecule has 0 fully saturated rings. The largest absolute Gasteiger partial charge is 0.369 e. The highest BCUT2D eigenvalue weighted by atomic mass is 16.1. The number of carbonyl (C=O) groups is 1. The van der Waals surface area contributed by atoms with Crippen molar-refractivity contribution >= 4 is 22.5 Å². The average Bonchev–Trinajstić information content (AvgIpc) is 2.79. The SMILES string of the molecule is C=C(C)CN(C)c1c(C(=O)CCC)cnc2c1cnn2C. The molecule has 2 aromatic heterocycles. The fourth-order valence-corrected chi connectivity index (χ4v) is 2.54. The molecule has 2 rings (SSSR count). The van der Waals surface area contributed by atoms with Gasteiger partial charge in [-0.1, -0.05) is 19.1 Å². The van der Waals surface area contributed by atoms with E-state index < -0.39 is 0 Å². The maximum absolute atomic E-state index is 12.4. The van der Waals surface area contributed by atoms with Gasteiger partial charge < -0.3 is 4.90 Å². The number of nitrogens with zero attached hydrogens (tertiary/aromatic N) is 4. The average molecular weight is 286 g/mol. The number of hydrogen-bond donors (Lipinski definition) is 0. The van der Waals surface area contributed by atoms with Gasteiger partial charge >= 0.3 is 0 Å². The Hall–Kier alpha value is -2.17. The van der Waals surface area contributed by atoms with Gasteiger partial charge in [0.05, 0.1) is 22.8 Å². The minimum Gasteiger partial charge on any atom is -0.369 e. The second-order valence-corrected chi connectivity index (χ2v) is 5.51. The van der Waals surface area contributed by atoms with Crippen LogP contribution in [-0.4, -0.2) is 34.1 Å². The molecule has 0 aliphatic carbocycles. The minimum absolute atomic E-state index is 0.124. The lowest BCUT2D eigenvalue weighted by Gasteiger charge is -2.22. The summed E-state index contributed by atoms with van der Waals surface area (Å²) in [5.74, 6) is 0.124. The Morgan fingerprint density at radius 3 is 2.76 bits per heavy atom. The van der Waals surface area contributed by atoms with Crippen molar-refractivity contribution in [3.05, 3.63) is 30.1 Å². The van der Waals surface area contributed by atoms with Crippen LogP contribution in [0.5, 0.6) is 0 Å². The number of likely N-dealkylation sites (N-methyl/N-ethyl adjacent to an activating group) is 1. The fraction of sp³-hybridized carbons (Fsp3) is 0.438. The third-order valence-electron chi connectivity index (χ3n) is 3.40. The van der Waals surface area contributed by atoms with Crippen molar-refractivity contribution in [3.63, 3.8) is 0 Å². The second kappa shape index (κ2) is 6.08. The highest BCUT2D eigenvalue weighted by Crippen LogP contribution is 2.30. The van der Waals surface area contributed by atoms with Gasteiger partial charge in [-0.25, -0.2) is 4.98 Å². The topological polar surface area (TPSA) is 51.0 Å². The first kappa shape index (κ1) is 15.2. The van der Waals surface area contributed by atoms with Crippen LogP contribution in [0.1, 0.15) is 37.0 Å². The summed E-state index contributed by atoms with van der Waals surface area (Å²) < 4.78 is 1.72. The summed E-state index contributed by atoms with van der Waals surface area (Å²) in [6, 6.07) is 0. The number of pyridine rings is 1. The Morgan fingerprint density at radius 2 is 2.14 bits per heavy atom. The van der Waals surface area contributed by atoms with Crippen molar-refractivity contribution in [2.75, 3.05) is 18.5 Å². The van der Waals surface area contributed by atoms with E-state index >= 15 is 0 Å². The van der Waals surface area contributed by atoms with Gasteiger partial charge in [0.2, 0.25) is 0 Å². The lowest BCUT2D eigenvalue weighted by atomic mass is 10.0. The smallest absolute Gasteiger partial charge is 0.166 e. The first-order valence-corrected chi connectivity index (χ1v) is 7.15. The predicted molar refractivity (Wildman–Crippen MR) is 85.8 cm³/mol. The summed E-state index contributed by atoms with van der Waals surface area (Å²) in [5, 5.41) is 5.16. The van der Waals surface area contributed by atoms with Gasteiger partial charge in [-0.05, 0) is 13.3 Å². The number of hydrogen-bond acceptors (Lipinski definition) is 4. The van der Waals surface area contributed by atoms with Crippen molar-refractivity contribution in [1.29, 1.82) is 0 Å². The molecule has 0 aromatic carbocycles. The normalized spacial score (nSPS) is 10.9. The van der Waals surface area contributed by atoms with Crippen LogP contribution in [0, 0.1) is 0 Å². The quantitative estimate of drug-likeness (QED) is 0.605. The molecule has 0 spiro atoms. The minimum atomic E-state index is 0.124.